The molecule has 1 N–H and O–H groups in total. The van der Waals surface area contributed by atoms with Crippen molar-refractivity contribution in [3.8, 4) is 0 Å². The molecule has 1 fully saturated rings. The van der Waals surface area contributed by atoms with Gasteiger partial charge in [-0.25, -0.2) is 4.39 Å². The minimum Gasteiger partial charge on any atom is -0.386 e. The molecule has 0 saturated carbocycles. The summed E-state index contributed by atoms with van der Waals surface area (Å²) in [5.41, 5.74) is -0.798. The second-order valence-electron chi connectivity index (χ2n) is 5.02. The van der Waals surface area contributed by atoms with Gasteiger partial charge in [0.15, 0.2) is 0 Å². The molecule has 0 aliphatic carbocycles. The predicted octanol–water partition coefficient (Wildman–Crippen LogP) is 2.43. The largest absolute Gasteiger partial charge is 0.386 e. The first-order valence-corrected chi connectivity index (χ1v) is 6.60. The summed E-state index contributed by atoms with van der Waals surface area (Å²) in [6.07, 6.45) is 0. The van der Waals surface area contributed by atoms with Crippen molar-refractivity contribution in [2.24, 2.45) is 5.92 Å². The standard InChI is InChI=1S/C13H15BrFNO2/c1-8(2)13(18)6-16(7-13)12(17)9-4-3-5-10(14)11(9)15/h3-5,8,18H,6-7H2,1-2H3. The highest BCUT2D eigenvalue weighted by Gasteiger charge is 2.46. The van der Waals surface area contributed by atoms with Crippen LogP contribution in [-0.4, -0.2) is 34.6 Å². The maximum atomic E-state index is 13.8. The van der Waals surface area contributed by atoms with E-state index in [0.717, 1.165) is 0 Å². The molecule has 0 radical (unpaired) electrons. The molecule has 1 aliphatic heterocycles. The lowest BCUT2D eigenvalue weighted by Gasteiger charge is -2.49. The molecule has 0 unspecified atom stereocenters. The van der Waals surface area contributed by atoms with E-state index in [1.165, 1.54) is 11.0 Å². The van der Waals surface area contributed by atoms with Crippen LogP contribution in [0, 0.1) is 11.7 Å². The minimum atomic E-state index is -0.835. The lowest BCUT2D eigenvalue weighted by molar-refractivity contribution is -0.111. The summed E-state index contributed by atoms with van der Waals surface area (Å²) in [6.45, 7) is 4.33. The Balaban J connectivity index is 2.13. The third-order valence-electron chi connectivity index (χ3n) is 3.47. The number of amides is 1. The summed E-state index contributed by atoms with van der Waals surface area (Å²) in [4.78, 5) is 13.5. The maximum Gasteiger partial charge on any atom is 0.257 e. The second-order valence-corrected chi connectivity index (χ2v) is 5.88. The van der Waals surface area contributed by atoms with Crippen LogP contribution >= 0.6 is 15.9 Å². The van der Waals surface area contributed by atoms with Crippen LogP contribution in [0.15, 0.2) is 22.7 Å². The number of likely N-dealkylation sites (tertiary alicyclic amines) is 1. The molecule has 0 bridgehead atoms. The first-order chi connectivity index (χ1) is 8.35. The molecule has 1 heterocycles. The molecule has 1 saturated heterocycles. The fourth-order valence-corrected chi connectivity index (χ4v) is 2.33. The van der Waals surface area contributed by atoms with Gasteiger partial charge in [-0.2, -0.15) is 0 Å². The van der Waals surface area contributed by atoms with E-state index in [-0.39, 0.29) is 35.0 Å². The van der Waals surface area contributed by atoms with Gasteiger partial charge in [0.25, 0.3) is 5.91 Å². The summed E-state index contributed by atoms with van der Waals surface area (Å²) >= 11 is 3.05. The quantitative estimate of drug-likeness (QED) is 0.910. The average Bonchev–Trinajstić information content (AvgIpc) is 2.27. The van der Waals surface area contributed by atoms with Crippen molar-refractivity contribution in [3.63, 3.8) is 0 Å². The Hall–Kier alpha value is -0.940. The Morgan fingerprint density at radius 3 is 2.67 bits per heavy atom. The van der Waals surface area contributed by atoms with Crippen LogP contribution < -0.4 is 0 Å². The van der Waals surface area contributed by atoms with Crippen LogP contribution in [0.1, 0.15) is 24.2 Å². The molecular weight excluding hydrogens is 301 g/mol. The zero-order chi connectivity index (χ0) is 13.5. The maximum absolute atomic E-state index is 13.8. The summed E-state index contributed by atoms with van der Waals surface area (Å²) in [5.74, 6) is -0.851. The Labute approximate surface area is 114 Å². The van der Waals surface area contributed by atoms with Gasteiger partial charge in [-0.3, -0.25) is 4.79 Å². The Kier molecular flexibility index (Phi) is 3.47. The molecule has 2 rings (SSSR count). The lowest BCUT2D eigenvalue weighted by Crippen LogP contribution is -2.66. The Morgan fingerprint density at radius 2 is 2.11 bits per heavy atom. The number of benzene rings is 1. The fraction of sp³-hybridized carbons (Fsp3) is 0.462. The highest BCUT2D eigenvalue weighted by atomic mass is 79.9. The van der Waals surface area contributed by atoms with Crippen molar-refractivity contribution in [1.29, 1.82) is 0 Å². The van der Waals surface area contributed by atoms with Crippen LogP contribution in [0.4, 0.5) is 4.39 Å². The van der Waals surface area contributed by atoms with E-state index < -0.39 is 11.4 Å². The molecule has 1 aromatic carbocycles. The van der Waals surface area contributed by atoms with E-state index in [1.807, 2.05) is 13.8 Å². The van der Waals surface area contributed by atoms with E-state index in [0.29, 0.717) is 0 Å². The lowest BCUT2D eigenvalue weighted by atomic mass is 9.82. The molecule has 1 amide bonds. The van der Waals surface area contributed by atoms with Crippen LogP contribution in [0.2, 0.25) is 0 Å². The van der Waals surface area contributed by atoms with E-state index in [9.17, 15) is 14.3 Å². The van der Waals surface area contributed by atoms with Gasteiger partial charge < -0.3 is 10.0 Å². The number of nitrogens with zero attached hydrogens (tertiary/aromatic N) is 1. The van der Waals surface area contributed by atoms with Gasteiger partial charge in [-0.15, -0.1) is 0 Å². The number of hydrogen-bond acceptors (Lipinski definition) is 2. The molecule has 1 aromatic rings. The summed E-state index contributed by atoms with van der Waals surface area (Å²) in [5, 5.41) is 10.1. The summed E-state index contributed by atoms with van der Waals surface area (Å²) in [6, 6.07) is 4.62. The number of aliphatic hydroxyl groups is 1. The third-order valence-corrected chi connectivity index (χ3v) is 4.09. The van der Waals surface area contributed by atoms with Gasteiger partial charge in [-0.05, 0) is 34.0 Å². The average molecular weight is 316 g/mol. The van der Waals surface area contributed by atoms with Gasteiger partial charge in [0.1, 0.15) is 11.4 Å². The highest BCUT2D eigenvalue weighted by molar-refractivity contribution is 9.10. The number of β-amino-alcohol motifs (C(OH)–C–C–N with tert-alkyl or cyclic N) is 1. The summed E-state index contributed by atoms with van der Waals surface area (Å²) in [7, 11) is 0. The summed E-state index contributed by atoms with van der Waals surface area (Å²) < 4.78 is 14.0. The topological polar surface area (TPSA) is 40.5 Å². The van der Waals surface area contributed by atoms with E-state index in [1.54, 1.807) is 12.1 Å². The smallest absolute Gasteiger partial charge is 0.257 e. The van der Waals surface area contributed by atoms with Gasteiger partial charge in [-0.1, -0.05) is 19.9 Å². The SMILES string of the molecule is CC(C)C1(O)CN(C(=O)c2cccc(Br)c2F)C1. The van der Waals surface area contributed by atoms with Crippen molar-refractivity contribution in [1.82, 2.24) is 4.90 Å². The molecule has 0 aromatic heterocycles. The predicted molar refractivity (Wildman–Crippen MR) is 69.8 cm³/mol. The molecule has 98 valence electrons. The Morgan fingerprint density at radius 1 is 1.50 bits per heavy atom. The molecule has 18 heavy (non-hydrogen) atoms. The first kappa shape index (κ1) is 13.5. The number of halogens is 2. The van der Waals surface area contributed by atoms with Gasteiger partial charge in [0, 0.05) is 0 Å². The van der Waals surface area contributed by atoms with Crippen LogP contribution in [-0.2, 0) is 0 Å². The van der Waals surface area contributed by atoms with Gasteiger partial charge >= 0.3 is 0 Å². The number of carbonyl (C=O) groups is 1. The molecule has 0 spiro atoms. The zero-order valence-electron chi connectivity index (χ0n) is 10.3. The second kappa shape index (κ2) is 4.63. The number of hydrogen-bond donors (Lipinski definition) is 1. The van der Waals surface area contributed by atoms with Crippen LogP contribution in [0.3, 0.4) is 0 Å². The normalized spacial score (nSPS) is 17.8. The van der Waals surface area contributed by atoms with Gasteiger partial charge in [0.2, 0.25) is 0 Å². The van der Waals surface area contributed by atoms with E-state index in [4.69, 9.17) is 0 Å². The highest BCUT2D eigenvalue weighted by Crippen LogP contribution is 2.30. The zero-order valence-corrected chi connectivity index (χ0v) is 11.9. The Bertz CT molecular complexity index is 484. The molecule has 1 aliphatic rings. The number of carbonyl (C=O) groups excluding carboxylic acids is 1. The van der Waals surface area contributed by atoms with Crippen molar-refractivity contribution in [3.05, 3.63) is 34.1 Å². The first-order valence-electron chi connectivity index (χ1n) is 5.81. The van der Waals surface area contributed by atoms with Crippen molar-refractivity contribution in [2.75, 3.05) is 13.1 Å². The van der Waals surface area contributed by atoms with E-state index >= 15 is 0 Å². The molecule has 5 heteroatoms. The van der Waals surface area contributed by atoms with E-state index in [2.05, 4.69) is 15.9 Å². The molecule has 3 nitrogen and oxygen atoms in total. The van der Waals surface area contributed by atoms with Crippen molar-refractivity contribution < 1.29 is 14.3 Å². The van der Waals surface area contributed by atoms with Crippen molar-refractivity contribution in [2.45, 2.75) is 19.4 Å². The fourth-order valence-electron chi connectivity index (χ4n) is 1.96. The number of rotatable bonds is 2. The molecule has 0 atom stereocenters. The van der Waals surface area contributed by atoms with Crippen molar-refractivity contribution >= 4 is 21.8 Å². The third kappa shape index (κ3) is 2.17. The van der Waals surface area contributed by atoms with Crippen LogP contribution in [0.5, 0.6) is 0 Å². The monoisotopic (exact) mass is 315 g/mol. The minimum absolute atomic E-state index is 0.0372. The van der Waals surface area contributed by atoms with Crippen LogP contribution in [0.25, 0.3) is 0 Å². The van der Waals surface area contributed by atoms with Gasteiger partial charge in [0.05, 0.1) is 23.1 Å². The molecular formula is C13H15BrFNO2.